The predicted molar refractivity (Wildman–Crippen MR) is 54.0 cm³/mol. The molecule has 0 amide bonds. The molecule has 8 heteroatoms. The summed E-state index contributed by atoms with van der Waals surface area (Å²) in [7, 11) is 0. The molecular weight excluding hydrogens is 380 g/mol. The van der Waals surface area contributed by atoms with Crippen molar-refractivity contribution in [1.29, 1.82) is 0 Å². The number of rotatable bonds is 3. The molecule has 1 aromatic rings. The summed E-state index contributed by atoms with van der Waals surface area (Å²) in [5.74, 6) is -0.239. The minimum Gasteiger partial charge on any atom is -0.436 e. The molecule has 0 N–H and O–H groups in total. The van der Waals surface area contributed by atoms with Gasteiger partial charge >= 0.3 is 6.43 Å². The Hall–Kier alpha value is -0.120. The van der Waals surface area contributed by atoms with Crippen LogP contribution in [0.15, 0.2) is 10.8 Å². The second-order valence-electron chi connectivity index (χ2n) is 2.09. The molecule has 0 bridgehead atoms. The molecule has 1 heterocycles. The lowest BCUT2D eigenvalue weighted by molar-refractivity contribution is -0.0695. The Morgan fingerprint density at radius 2 is 2.00 bits per heavy atom. The maximum Gasteiger partial charge on any atom is 0.304 e. The summed E-state index contributed by atoms with van der Waals surface area (Å²) in [6.07, 6.45) is -4.79. The van der Waals surface area contributed by atoms with Gasteiger partial charge in [-0.3, -0.25) is 0 Å². The minimum absolute atomic E-state index is 0.239. The maximum atomic E-state index is 12.5. The molecule has 78 valence electrons. The molecule has 1 unspecified atom stereocenters. The third-order valence-electron chi connectivity index (χ3n) is 1.14. The molecule has 0 spiro atoms. The highest BCUT2D eigenvalue weighted by Crippen LogP contribution is 2.27. The van der Waals surface area contributed by atoms with Gasteiger partial charge in [0.05, 0.1) is 0 Å². The van der Waals surface area contributed by atoms with Crippen LogP contribution in [0, 0.1) is 3.70 Å². The first-order valence-corrected chi connectivity index (χ1v) is 5.14. The van der Waals surface area contributed by atoms with E-state index in [2.05, 4.69) is 30.6 Å². The Balaban J connectivity index is 2.82. The van der Waals surface area contributed by atoms with Gasteiger partial charge in [-0.2, -0.15) is 4.39 Å². The third kappa shape index (κ3) is 2.94. The number of alkyl halides is 3. The van der Waals surface area contributed by atoms with Crippen molar-refractivity contribution in [3.8, 4) is 5.88 Å². The highest BCUT2D eigenvalue weighted by Gasteiger charge is 2.23. The number of aromatic nitrogens is 2. The van der Waals surface area contributed by atoms with Gasteiger partial charge in [0.15, 0.2) is 0 Å². The van der Waals surface area contributed by atoms with Crippen LogP contribution in [0.2, 0.25) is 0 Å². The lowest BCUT2D eigenvalue weighted by atomic mass is 10.6. The summed E-state index contributed by atoms with van der Waals surface area (Å²) in [4.78, 5) is 7.23. The van der Waals surface area contributed by atoms with E-state index in [0.717, 1.165) is 6.33 Å². The highest BCUT2D eigenvalue weighted by molar-refractivity contribution is 14.1. The zero-order chi connectivity index (χ0) is 10.7. The molecule has 0 fully saturated rings. The molecule has 1 rings (SSSR count). The van der Waals surface area contributed by atoms with Crippen LogP contribution >= 0.6 is 38.5 Å². The summed E-state index contributed by atoms with van der Waals surface area (Å²) in [6, 6.07) is 0. The van der Waals surface area contributed by atoms with Crippen molar-refractivity contribution in [2.45, 2.75) is 12.8 Å². The number of hydrogen-bond donors (Lipinski definition) is 0. The number of nitrogens with zero attached hydrogens (tertiary/aromatic N) is 2. The molecule has 0 saturated carbocycles. The highest BCUT2D eigenvalue weighted by atomic mass is 127. The van der Waals surface area contributed by atoms with Crippen LogP contribution in [0.1, 0.15) is 0 Å². The SMILES string of the molecule is FC(F)C(F)Oc1ncnc(I)c1Br. The Morgan fingerprint density at radius 1 is 1.36 bits per heavy atom. The molecule has 0 aliphatic heterocycles. The Bertz CT molecular complexity index is 328. The van der Waals surface area contributed by atoms with Crippen LogP contribution in [-0.4, -0.2) is 22.8 Å². The van der Waals surface area contributed by atoms with Gasteiger partial charge in [-0.05, 0) is 38.5 Å². The van der Waals surface area contributed by atoms with Crippen molar-refractivity contribution in [1.82, 2.24) is 9.97 Å². The fraction of sp³-hybridized carbons (Fsp3) is 0.333. The molecular formula is C6H3BrF3IN2O. The van der Waals surface area contributed by atoms with Gasteiger partial charge in [0.2, 0.25) is 5.88 Å². The number of hydrogen-bond acceptors (Lipinski definition) is 3. The quantitative estimate of drug-likeness (QED) is 0.595. The van der Waals surface area contributed by atoms with Crippen LogP contribution < -0.4 is 4.74 Å². The van der Waals surface area contributed by atoms with Crippen molar-refractivity contribution in [2.75, 3.05) is 0 Å². The van der Waals surface area contributed by atoms with Crippen molar-refractivity contribution in [3.05, 3.63) is 14.5 Å². The first-order chi connectivity index (χ1) is 6.52. The van der Waals surface area contributed by atoms with Crippen LogP contribution in [0.4, 0.5) is 13.2 Å². The lowest BCUT2D eigenvalue weighted by Crippen LogP contribution is -2.20. The second kappa shape index (κ2) is 5.10. The molecule has 0 radical (unpaired) electrons. The van der Waals surface area contributed by atoms with Gasteiger partial charge in [-0.15, -0.1) is 0 Å². The standard InChI is InChI=1S/C6H3BrF3IN2O/c7-2-5(11)12-1-13-6(2)14-4(10)3(8)9/h1,3-4H. The summed E-state index contributed by atoms with van der Waals surface area (Å²) in [5.41, 5.74) is 0. The van der Waals surface area contributed by atoms with Gasteiger partial charge in [-0.1, -0.05) is 0 Å². The van der Waals surface area contributed by atoms with Crippen molar-refractivity contribution >= 4 is 38.5 Å². The fourth-order valence-electron chi connectivity index (χ4n) is 0.574. The van der Waals surface area contributed by atoms with Crippen LogP contribution in [0.3, 0.4) is 0 Å². The zero-order valence-electron chi connectivity index (χ0n) is 6.42. The normalized spacial score (nSPS) is 13.0. The zero-order valence-corrected chi connectivity index (χ0v) is 10.2. The summed E-state index contributed by atoms with van der Waals surface area (Å²) in [6.45, 7) is 0. The Labute approximate surface area is 99.3 Å². The van der Waals surface area contributed by atoms with E-state index in [9.17, 15) is 13.2 Å². The largest absolute Gasteiger partial charge is 0.436 e. The Morgan fingerprint density at radius 3 is 2.57 bits per heavy atom. The molecule has 1 atom stereocenters. The van der Waals surface area contributed by atoms with Gasteiger partial charge in [0, 0.05) is 0 Å². The summed E-state index contributed by atoms with van der Waals surface area (Å²) < 4.78 is 41.0. The van der Waals surface area contributed by atoms with Crippen LogP contribution in [-0.2, 0) is 0 Å². The average Bonchev–Trinajstić information content (AvgIpc) is 2.12. The molecule has 0 saturated heterocycles. The monoisotopic (exact) mass is 382 g/mol. The van der Waals surface area contributed by atoms with E-state index in [1.807, 2.05) is 22.6 Å². The van der Waals surface area contributed by atoms with Gasteiger partial charge < -0.3 is 4.74 Å². The number of halogens is 5. The van der Waals surface area contributed by atoms with E-state index >= 15 is 0 Å². The predicted octanol–water partition coefficient (Wildman–Crippen LogP) is 2.78. The summed E-state index contributed by atoms with van der Waals surface area (Å²) in [5, 5.41) is 0. The van der Waals surface area contributed by atoms with Gasteiger partial charge in [0.25, 0.3) is 6.36 Å². The molecule has 0 aliphatic carbocycles. The van der Waals surface area contributed by atoms with Crippen molar-refractivity contribution in [2.24, 2.45) is 0 Å². The second-order valence-corrected chi connectivity index (χ2v) is 3.90. The van der Waals surface area contributed by atoms with E-state index in [-0.39, 0.29) is 10.4 Å². The molecule has 0 aliphatic rings. The molecule has 3 nitrogen and oxygen atoms in total. The first kappa shape index (κ1) is 12.0. The van der Waals surface area contributed by atoms with Gasteiger partial charge in [-0.25, -0.2) is 18.7 Å². The van der Waals surface area contributed by atoms with E-state index in [4.69, 9.17) is 0 Å². The third-order valence-corrected chi connectivity index (χ3v) is 3.41. The molecule has 14 heavy (non-hydrogen) atoms. The fourth-order valence-corrected chi connectivity index (χ4v) is 1.23. The van der Waals surface area contributed by atoms with Gasteiger partial charge in [0.1, 0.15) is 14.5 Å². The van der Waals surface area contributed by atoms with Crippen LogP contribution in [0.5, 0.6) is 5.88 Å². The minimum atomic E-state index is -3.20. The molecule has 0 aromatic carbocycles. The van der Waals surface area contributed by atoms with E-state index in [1.54, 1.807) is 0 Å². The summed E-state index contributed by atoms with van der Waals surface area (Å²) >= 11 is 4.81. The topological polar surface area (TPSA) is 35.0 Å². The van der Waals surface area contributed by atoms with E-state index in [0.29, 0.717) is 3.70 Å². The average molecular weight is 383 g/mol. The van der Waals surface area contributed by atoms with E-state index in [1.165, 1.54) is 0 Å². The van der Waals surface area contributed by atoms with Crippen molar-refractivity contribution in [3.63, 3.8) is 0 Å². The Kier molecular flexibility index (Phi) is 4.35. The molecule has 1 aromatic heterocycles. The lowest BCUT2D eigenvalue weighted by Gasteiger charge is -2.10. The smallest absolute Gasteiger partial charge is 0.304 e. The first-order valence-electron chi connectivity index (χ1n) is 3.27. The van der Waals surface area contributed by atoms with E-state index < -0.39 is 12.8 Å². The number of ether oxygens (including phenoxy) is 1. The maximum absolute atomic E-state index is 12.5. The van der Waals surface area contributed by atoms with Crippen molar-refractivity contribution < 1.29 is 17.9 Å². The van der Waals surface area contributed by atoms with Crippen LogP contribution in [0.25, 0.3) is 0 Å².